The molecule has 0 bridgehead atoms. The average molecular weight is 452 g/mol. The fourth-order valence-corrected chi connectivity index (χ4v) is 4.03. The molecule has 1 aromatic heterocycles. The van der Waals surface area contributed by atoms with Crippen LogP contribution in [-0.4, -0.2) is 38.8 Å². The molecule has 0 aliphatic rings. The van der Waals surface area contributed by atoms with Gasteiger partial charge in [-0.2, -0.15) is 4.80 Å². The molecule has 0 saturated carbocycles. The highest BCUT2D eigenvalue weighted by atomic mass is 16.5. The normalized spacial score (nSPS) is 13.9. The van der Waals surface area contributed by atoms with E-state index < -0.39 is 12.1 Å². The van der Waals surface area contributed by atoms with Gasteiger partial charge in [-0.3, -0.25) is 0 Å². The third kappa shape index (κ3) is 7.13. The Labute approximate surface area is 197 Å². The summed E-state index contributed by atoms with van der Waals surface area (Å²) < 4.78 is 5.44. The second-order valence-electron chi connectivity index (χ2n) is 10.4. The minimum absolute atomic E-state index is 0.158. The van der Waals surface area contributed by atoms with E-state index in [-0.39, 0.29) is 11.8 Å². The number of hydrogen-bond acceptors (Lipinski definition) is 5. The summed E-state index contributed by atoms with van der Waals surface area (Å²) in [5, 5.41) is 19.4. The molecule has 0 saturated heterocycles. The maximum Gasteiger partial charge on any atom is 0.335 e. The van der Waals surface area contributed by atoms with Crippen LogP contribution < -0.4 is 0 Å². The van der Waals surface area contributed by atoms with Gasteiger partial charge in [0.05, 0.1) is 12.3 Å². The van der Waals surface area contributed by atoms with Crippen LogP contribution in [0.4, 0.5) is 0 Å². The summed E-state index contributed by atoms with van der Waals surface area (Å²) in [6, 6.07) is 15.2. The van der Waals surface area contributed by atoms with Gasteiger partial charge in [-0.25, -0.2) is 4.79 Å². The van der Waals surface area contributed by atoms with Crippen LogP contribution in [0, 0.1) is 17.3 Å². The first kappa shape index (κ1) is 24.9. The van der Waals surface area contributed by atoms with Crippen molar-refractivity contribution < 1.29 is 14.6 Å². The van der Waals surface area contributed by atoms with Crippen molar-refractivity contribution in [1.82, 2.24) is 15.0 Å². The molecule has 0 amide bonds. The first-order valence-corrected chi connectivity index (χ1v) is 11.9. The van der Waals surface area contributed by atoms with Crippen LogP contribution in [-0.2, 0) is 16.0 Å². The van der Waals surface area contributed by atoms with Gasteiger partial charge in [0.1, 0.15) is 11.0 Å². The minimum atomic E-state index is -1.20. The first-order chi connectivity index (χ1) is 15.6. The molecule has 0 fully saturated rings. The van der Waals surface area contributed by atoms with Crippen molar-refractivity contribution >= 4 is 17.0 Å². The summed E-state index contributed by atoms with van der Waals surface area (Å²) in [4.78, 5) is 14.0. The van der Waals surface area contributed by atoms with Gasteiger partial charge in [0.2, 0.25) is 0 Å². The van der Waals surface area contributed by atoms with E-state index in [1.165, 1.54) is 0 Å². The standard InChI is InChI=1S/C27H37N3O3/c1-19(2)13-14-21(27(3,4)5)15-16-33-26(32)25(31)18-20-9-8-10-22(17-20)30-28-23-11-6-7-12-24(23)29-30/h6-12,17,19,21,25,31H,13-16,18H2,1-5H3. The van der Waals surface area contributed by atoms with Gasteiger partial charge < -0.3 is 9.84 Å². The van der Waals surface area contributed by atoms with Crippen molar-refractivity contribution in [2.45, 2.75) is 66.4 Å². The summed E-state index contributed by atoms with van der Waals surface area (Å²) >= 11 is 0. The molecular formula is C27H37N3O3. The molecule has 0 aliphatic carbocycles. The van der Waals surface area contributed by atoms with Crippen molar-refractivity contribution in [3.63, 3.8) is 0 Å². The van der Waals surface area contributed by atoms with E-state index in [1.54, 1.807) is 4.80 Å². The number of ether oxygens (including phenoxy) is 1. The molecule has 2 unspecified atom stereocenters. The van der Waals surface area contributed by atoms with Crippen LogP contribution in [0.1, 0.15) is 59.4 Å². The monoisotopic (exact) mass is 451 g/mol. The number of benzene rings is 2. The van der Waals surface area contributed by atoms with Gasteiger partial charge in [0.15, 0.2) is 6.10 Å². The van der Waals surface area contributed by atoms with Crippen LogP contribution in [0.2, 0.25) is 0 Å². The van der Waals surface area contributed by atoms with E-state index in [0.717, 1.165) is 41.5 Å². The smallest absolute Gasteiger partial charge is 0.335 e. The van der Waals surface area contributed by atoms with Gasteiger partial charge in [-0.05, 0) is 59.9 Å². The lowest BCUT2D eigenvalue weighted by atomic mass is 9.75. The fourth-order valence-electron chi connectivity index (χ4n) is 4.03. The molecule has 2 aromatic carbocycles. The molecule has 0 aliphatic heterocycles. The van der Waals surface area contributed by atoms with Crippen molar-refractivity contribution in [3.8, 4) is 5.69 Å². The zero-order chi connectivity index (χ0) is 24.0. The Morgan fingerprint density at radius 3 is 2.27 bits per heavy atom. The molecule has 2 atom stereocenters. The average Bonchev–Trinajstić information content (AvgIpc) is 3.19. The quantitative estimate of drug-likeness (QED) is 0.420. The van der Waals surface area contributed by atoms with Gasteiger partial charge in [0.25, 0.3) is 0 Å². The molecule has 3 aromatic rings. The number of esters is 1. The number of hydrogen-bond donors (Lipinski definition) is 1. The Balaban J connectivity index is 1.55. The molecule has 1 heterocycles. The van der Waals surface area contributed by atoms with E-state index in [9.17, 15) is 9.90 Å². The van der Waals surface area contributed by atoms with Crippen molar-refractivity contribution in [2.75, 3.05) is 6.61 Å². The van der Waals surface area contributed by atoms with Crippen molar-refractivity contribution in [1.29, 1.82) is 0 Å². The Morgan fingerprint density at radius 1 is 1.00 bits per heavy atom. The van der Waals surface area contributed by atoms with E-state index >= 15 is 0 Å². The molecule has 1 N–H and O–H groups in total. The summed E-state index contributed by atoms with van der Waals surface area (Å²) in [5.41, 5.74) is 3.39. The topological polar surface area (TPSA) is 77.2 Å². The lowest BCUT2D eigenvalue weighted by molar-refractivity contribution is -0.154. The molecule has 178 valence electrons. The number of carbonyl (C=O) groups excluding carboxylic acids is 1. The highest BCUT2D eigenvalue weighted by molar-refractivity contribution is 5.75. The third-order valence-corrected chi connectivity index (χ3v) is 6.16. The predicted molar refractivity (Wildman–Crippen MR) is 131 cm³/mol. The zero-order valence-corrected chi connectivity index (χ0v) is 20.5. The number of aliphatic hydroxyl groups excluding tert-OH is 1. The Kier molecular flexibility index (Phi) is 8.25. The highest BCUT2D eigenvalue weighted by Crippen LogP contribution is 2.33. The molecule has 6 heteroatoms. The lowest BCUT2D eigenvalue weighted by Gasteiger charge is -2.31. The van der Waals surface area contributed by atoms with E-state index in [2.05, 4.69) is 44.8 Å². The number of fused-ring (bicyclic) bond motifs is 1. The molecule has 0 radical (unpaired) electrons. The van der Waals surface area contributed by atoms with Crippen LogP contribution in [0.3, 0.4) is 0 Å². The van der Waals surface area contributed by atoms with E-state index in [4.69, 9.17) is 4.74 Å². The largest absolute Gasteiger partial charge is 0.464 e. The fraction of sp³-hybridized carbons (Fsp3) is 0.519. The van der Waals surface area contributed by atoms with Gasteiger partial charge in [-0.15, -0.1) is 10.2 Å². The van der Waals surface area contributed by atoms with Crippen molar-refractivity contribution in [3.05, 3.63) is 54.1 Å². The summed E-state index contributed by atoms with van der Waals surface area (Å²) in [6.07, 6.45) is 2.07. The SMILES string of the molecule is CC(C)CCC(CCOC(=O)C(O)Cc1cccc(-n2nc3ccccc3n2)c1)C(C)(C)C. The highest BCUT2D eigenvalue weighted by Gasteiger charge is 2.25. The van der Waals surface area contributed by atoms with Crippen LogP contribution in [0.25, 0.3) is 16.7 Å². The zero-order valence-electron chi connectivity index (χ0n) is 20.5. The van der Waals surface area contributed by atoms with Gasteiger partial charge >= 0.3 is 5.97 Å². The number of nitrogens with zero attached hydrogens (tertiary/aromatic N) is 3. The molecule has 33 heavy (non-hydrogen) atoms. The number of aromatic nitrogens is 3. The second kappa shape index (κ2) is 10.9. The van der Waals surface area contributed by atoms with Crippen LogP contribution in [0.15, 0.2) is 48.5 Å². The number of carbonyl (C=O) groups is 1. The maximum absolute atomic E-state index is 12.4. The summed E-state index contributed by atoms with van der Waals surface area (Å²) in [5.74, 6) is 0.559. The Morgan fingerprint density at radius 2 is 1.67 bits per heavy atom. The first-order valence-electron chi connectivity index (χ1n) is 11.9. The number of rotatable bonds is 10. The molecule has 6 nitrogen and oxygen atoms in total. The van der Waals surface area contributed by atoms with Gasteiger partial charge in [-0.1, -0.05) is 65.3 Å². The van der Waals surface area contributed by atoms with Gasteiger partial charge in [0, 0.05) is 6.42 Å². The summed E-state index contributed by atoms with van der Waals surface area (Å²) in [7, 11) is 0. The predicted octanol–water partition coefficient (Wildman–Crippen LogP) is 5.36. The maximum atomic E-state index is 12.4. The van der Waals surface area contributed by atoms with Crippen molar-refractivity contribution in [2.24, 2.45) is 17.3 Å². The minimum Gasteiger partial charge on any atom is -0.464 e. The summed E-state index contributed by atoms with van der Waals surface area (Å²) in [6.45, 7) is 11.5. The lowest BCUT2D eigenvalue weighted by Crippen LogP contribution is -2.28. The molecular weight excluding hydrogens is 414 g/mol. The number of aliphatic hydroxyl groups is 1. The second-order valence-corrected chi connectivity index (χ2v) is 10.4. The Bertz CT molecular complexity index is 1020. The van der Waals surface area contributed by atoms with E-state index in [1.807, 2.05) is 48.5 Å². The van der Waals surface area contributed by atoms with E-state index in [0.29, 0.717) is 18.4 Å². The molecule has 0 spiro atoms. The Hall–Kier alpha value is -2.73. The van der Waals surface area contributed by atoms with Crippen LogP contribution in [0.5, 0.6) is 0 Å². The molecule has 3 rings (SSSR count). The van der Waals surface area contributed by atoms with Crippen LogP contribution >= 0.6 is 0 Å². The third-order valence-electron chi connectivity index (χ3n) is 6.16.